The molecular weight excluding hydrogens is 326 g/mol. The normalized spacial score (nSPS) is 17.0. The van der Waals surface area contributed by atoms with Crippen molar-refractivity contribution in [2.75, 3.05) is 6.54 Å². The molecular formula is C20H23N5O. The van der Waals surface area contributed by atoms with Gasteiger partial charge in [0.1, 0.15) is 0 Å². The second-order valence-electron chi connectivity index (χ2n) is 6.87. The highest BCUT2D eigenvalue weighted by molar-refractivity contribution is 5.98. The molecule has 3 aromatic rings. The molecule has 2 aromatic heterocycles. The molecule has 1 aliphatic heterocycles. The summed E-state index contributed by atoms with van der Waals surface area (Å²) in [5, 5.41) is 8.85. The van der Waals surface area contributed by atoms with Crippen molar-refractivity contribution in [2.45, 2.75) is 39.3 Å². The number of likely N-dealkylation sites (tertiary alicyclic amines) is 1. The first-order valence-electron chi connectivity index (χ1n) is 9.04. The fourth-order valence-corrected chi connectivity index (χ4v) is 3.77. The number of para-hydroxylation sites is 1. The Balaban J connectivity index is 1.61. The van der Waals surface area contributed by atoms with Crippen molar-refractivity contribution >= 4 is 5.91 Å². The molecule has 4 rings (SSSR count). The molecule has 1 atom stereocenters. The minimum absolute atomic E-state index is 0.0696. The molecule has 0 radical (unpaired) electrons. The topological polar surface area (TPSA) is 56.0 Å². The molecule has 1 saturated heterocycles. The zero-order chi connectivity index (χ0) is 18.1. The molecule has 1 aliphatic rings. The van der Waals surface area contributed by atoms with Gasteiger partial charge in [-0.2, -0.15) is 10.2 Å². The van der Waals surface area contributed by atoms with Crippen LogP contribution in [0.2, 0.25) is 0 Å². The summed E-state index contributed by atoms with van der Waals surface area (Å²) in [5.74, 6) is 0.0696. The van der Waals surface area contributed by atoms with Crippen LogP contribution >= 0.6 is 0 Å². The fourth-order valence-electron chi connectivity index (χ4n) is 3.77. The summed E-state index contributed by atoms with van der Waals surface area (Å²) in [5.41, 5.74) is 3.66. The van der Waals surface area contributed by atoms with E-state index in [1.54, 1.807) is 10.9 Å². The Hall–Kier alpha value is -2.89. The zero-order valence-corrected chi connectivity index (χ0v) is 15.2. The maximum Gasteiger partial charge on any atom is 0.256 e. The maximum absolute atomic E-state index is 13.3. The number of aromatic nitrogens is 4. The van der Waals surface area contributed by atoms with Crippen molar-refractivity contribution in [1.29, 1.82) is 0 Å². The largest absolute Gasteiger partial charge is 0.334 e. The van der Waals surface area contributed by atoms with Crippen LogP contribution in [0, 0.1) is 13.8 Å². The molecule has 6 nitrogen and oxygen atoms in total. The van der Waals surface area contributed by atoms with Gasteiger partial charge in [-0.3, -0.25) is 9.48 Å². The fraction of sp³-hybridized carbons (Fsp3) is 0.350. The van der Waals surface area contributed by atoms with E-state index in [9.17, 15) is 4.79 Å². The first-order chi connectivity index (χ1) is 12.6. The van der Waals surface area contributed by atoms with E-state index < -0.39 is 0 Å². The second kappa shape index (κ2) is 6.78. The molecule has 0 saturated carbocycles. The first kappa shape index (κ1) is 16.6. The predicted octanol–water partition coefficient (Wildman–Crippen LogP) is 2.99. The van der Waals surface area contributed by atoms with Crippen LogP contribution in [0.3, 0.4) is 0 Å². The molecule has 26 heavy (non-hydrogen) atoms. The number of hydrogen-bond donors (Lipinski definition) is 0. The van der Waals surface area contributed by atoms with E-state index in [4.69, 9.17) is 0 Å². The Labute approximate surface area is 153 Å². The summed E-state index contributed by atoms with van der Waals surface area (Å²) < 4.78 is 3.77. The summed E-state index contributed by atoms with van der Waals surface area (Å²) in [6.45, 7) is 5.60. The van der Waals surface area contributed by atoms with Crippen LogP contribution in [0.4, 0.5) is 0 Å². The molecule has 1 aromatic carbocycles. The van der Waals surface area contributed by atoms with Gasteiger partial charge in [0.05, 0.1) is 29.5 Å². The Morgan fingerprint density at radius 2 is 2.08 bits per heavy atom. The average molecular weight is 349 g/mol. The summed E-state index contributed by atoms with van der Waals surface area (Å²) in [4.78, 5) is 15.3. The van der Waals surface area contributed by atoms with E-state index in [1.807, 2.05) is 53.0 Å². The van der Waals surface area contributed by atoms with Crippen molar-refractivity contribution in [3.8, 4) is 5.69 Å². The van der Waals surface area contributed by atoms with Gasteiger partial charge in [-0.1, -0.05) is 12.1 Å². The number of benzene rings is 1. The van der Waals surface area contributed by atoms with Gasteiger partial charge >= 0.3 is 0 Å². The summed E-state index contributed by atoms with van der Waals surface area (Å²) in [7, 11) is 0. The molecule has 1 amide bonds. The Morgan fingerprint density at radius 3 is 2.81 bits per heavy atom. The molecule has 6 heteroatoms. The summed E-state index contributed by atoms with van der Waals surface area (Å²) in [6.07, 6.45) is 5.62. The summed E-state index contributed by atoms with van der Waals surface area (Å²) in [6, 6.07) is 11.8. The van der Waals surface area contributed by atoms with Crippen LogP contribution in [0.25, 0.3) is 5.69 Å². The Bertz CT molecular complexity index is 912. The smallest absolute Gasteiger partial charge is 0.256 e. The molecule has 3 heterocycles. The van der Waals surface area contributed by atoms with Gasteiger partial charge in [0.25, 0.3) is 5.91 Å². The van der Waals surface area contributed by atoms with Gasteiger partial charge in [0.15, 0.2) is 0 Å². The third-order valence-electron chi connectivity index (χ3n) is 5.01. The number of nitrogens with zero attached hydrogens (tertiary/aromatic N) is 5. The van der Waals surface area contributed by atoms with Crippen LogP contribution in [0.1, 0.15) is 34.6 Å². The zero-order valence-electron chi connectivity index (χ0n) is 15.2. The van der Waals surface area contributed by atoms with E-state index in [0.29, 0.717) is 5.56 Å². The van der Waals surface area contributed by atoms with Crippen LogP contribution in [0.5, 0.6) is 0 Å². The van der Waals surface area contributed by atoms with Gasteiger partial charge in [-0.05, 0) is 51.0 Å². The van der Waals surface area contributed by atoms with E-state index in [-0.39, 0.29) is 11.9 Å². The average Bonchev–Trinajstić information content (AvgIpc) is 3.37. The quantitative estimate of drug-likeness (QED) is 0.728. The first-order valence-corrected chi connectivity index (χ1v) is 9.04. The third kappa shape index (κ3) is 3.03. The standard InChI is InChI=1S/C20H23N5O/c1-15-13-16(2)25(22-15)14-17-7-5-11-23(17)20(26)18-8-3-4-9-19(18)24-12-6-10-21-24/h3-4,6,8-10,12-13,17H,5,7,11,14H2,1-2H3/t17-/m1/s1. The lowest BCUT2D eigenvalue weighted by Crippen LogP contribution is -2.39. The predicted molar refractivity (Wildman–Crippen MR) is 99.3 cm³/mol. The van der Waals surface area contributed by atoms with Crippen molar-refractivity contribution in [3.63, 3.8) is 0 Å². The van der Waals surface area contributed by atoms with Gasteiger partial charge in [0.2, 0.25) is 0 Å². The maximum atomic E-state index is 13.3. The van der Waals surface area contributed by atoms with Crippen LogP contribution in [-0.4, -0.2) is 43.0 Å². The van der Waals surface area contributed by atoms with Crippen LogP contribution < -0.4 is 0 Å². The van der Waals surface area contributed by atoms with Crippen molar-refractivity contribution in [2.24, 2.45) is 0 Å². The van der Waals surface area contributed by atoms with Gasteiger partial charge in [0, 0.05) is 24.6 Å². The molecule has 134 valence electrons. The van der Waals surface area contributed by atoms with Crippen molar-refractivity contribution < 1.29 is 4.79 Å². The van der Waals surface area contributed by atoms with Crippen LogP contribution in [0.15, 0.2) is 48.8 Å². The Kier molecular flexibility index (Phi) is 4.32. The SMILES string of the molecule is Cc1cc(C)n(C[C@H]2CCCN2C(=O)c2ccccc2-n2cccn2)n1. The van der Waals surface area contributed by atoms with E-state index in [2.05, 4.69) is 23.2 Å². The molecule has 0 bridgehead atoms. The number of carbonyl (C=O) groups is 1. The van der Waals surface area contributed by atoms with Crippen molar-refractivity contribution in [1.82, 2.24) is 24.5 Å². The molecule has 0 unspecified atom stereocenters. The lowest BCUT2D eigenvalue weighted by molar-refractivity contribution is 0.0721. The van der Waals surface area contributed by atoms with Gasteiger partial charge in [-0.15, -0.1) is 0 Å². The monoisotopic (exact) mass is 349 g/mol. The molecule has 0 spiro atoms. The number of carbonyl (C=O) groups excluding carboxylic acids is 1. The van der Waals surface area contributed by atoms with Gasteiger partial charge in [-0.25, -0.2) is 4.68 Å². The third-order valence-corrected chi connectivity index (χ3v) is 5.01. The van der Waals surface area contributed by atoms with Crippen LogP contribution in [-0.2, 0) is 6.54 Å². The molecule has 0 N–H and O–H groups in total. The minimum atomic E-state index is 0.0696. The molecule has 1 fully saturated rings. The highest BCUT2D eigenvalue weighted by Gasteiger charge is 2.31. The van der Waals surface area contributed by atoms with Gasteiger partial charge < -0.3 is 4.90 Å². The number of amides is 1. The Morgan fingerprint density at radius 1 is 1.23 bits per heavy atom. The van der Waals surface area contributed by atoms with E-state index in [1.165, 1.54) is 0 Å². The number of aryl methyl sites for hydroxylation is 2. The number of rotatable bonds is 4. The second-order valence-corrected chi connectivity index (χ2v) is 6.87. The lowest BCUT2D eigenvalue weighted by atomic mass is 10.1. The summed E-state index contributed by atoms with van der Waals surface area (Å²) >= 11 is 0. The minimum Gasteiger partial charge on any atom is -0.334 e. The molecule has 0 aliphatic carbocycles. The highest BCUT2D eigenvalue weighted by Crippen LogP contribution is 2.24. The lowest BCUT2D eigenvalue weighted by Gasteiger charge is -2.26. The van der Waals surface area contributed by atoms with E-state index in [0.717, 1.165) is 43.0 Å². The van der Waals surface area contributed by atoms with Crippen molar-refractivity contribution in [3.05, 3.63) is 65.7 Å². The number of hydrogen-bond acceptors (Lipinski definition) is 3. The van der Waals surface area contributed by atoms with E-state index >= 15 is 0 Å². The highest BCUT2D eigenvalue weighted by atomic mass is 16.2.